The van der Waals surface area contributed by atoms with E-state index in [0.717, 1.165) is 17.2 Å². The number of thioether (sulfide) groups is 1. The summed E-state index contributed by atoms with van der Waals surface area (Å²) in [5.41, 5.74) is 7.80. The lowest BCUT2D eigenvalue weighted by molar-refractivity contribution is 1.40. The van der Waals surface area contributed by atoms with Crippen molar-refractivity contribution in [2.75, 3.05) is 11.5 Å². The molecule has 2 N–H and O–H groups in total. The van der Waals surface area contributed by atoms with Gasteiger partial charge in [-0.05, 0) is 23.4 Å². The number of anilines is 1. The highest BCUT2D eigenvalue weighted by Gasteiger charge is 1.91. The lowest BCUT2D eigenvalue weighted by Crippen LogP contribution is -1.86. The average molecular weight is 167 g/mol. The van der Waals surface area contributed by atoms with Crippen molar-refractivity contribution in [3.8, 4) is 0 Å². The third-order valence-corrected chi connectivity index (χ3v) is 2.37. The largest absolute Gasteiger partial charge is 0.399 e. The first-order valence-corrected chi connectivity index (χ1v) is 4.90. The summed E-state index contributed by atoms with van der Waals surface area (Å²) in [6.45, 7) is 2.16. The third-order valence-electron chi connectivity index (χ3n) is 1.42. The number of hydrogen-bond acceptors (Lipinski definition) is 2. The van der Waals surface area contributed by atoms with Crippen LogP contribution in [0.2, 0.25) is 0 Å². The predicted molar refractivity (Wildman–Crippen MR) is 52.7 cm³/mol. The zero-order valence-electron chi connectivity index (χ0n) is 6.71. The van der Waals surface area contributed by atoms with Crippen LogP contribution in [-0.2, 0) is 5.75 Å². The molecule has 0 spiro atoms. The van der Waals surface area contributed by atoms with E-state index in [1.807, 2.05) is 30.0 Å². The van der Waals surface area contributed by atoms with E-state index in [1.165, 1.54) is 5.56 Å². The molecule has 0 saturated heterocycles. The van der Waals surface area contributed by atoms with Gasteiger partial charge in [-0.15, -0.1) is 0 Å². The Morgan fingerprint density at radius 1 is 1.45 bits per heavy atom. The fourth-order valence-corrected chi connectivity index (χ4v) is 1.52. The van der Waals surface area contributed by atoms with Gasteiger partial charge in [0.25, 0.3) is 0 Å². The molecule has 1 rings (SSSR count). The van der Waals surface area contributed by atoms with Gasteiger partial charge in [-0.1, -0.05) is 19.1 Å². The molecule has 0 radical (unpaired) electrons. The molecule has 0 aliphatic rings. The van der Waals surface area contributed by atoms with Gasteiger partial charge in [-0.25, -0.2) is 0 Å². The van der Waals surface area contributed by atoms with Crippen molar-refractivity contribution >= 4 is 17.4 Å². The first-order valence-electron chi connectivity index (χ1n) is 3.75. The molecule has 2 heteroatoms. The summed E-state index contributed by atoms with van der Waals surface area (Å²) in [6, 6.07) is 8.06. The average Bonchev–Trinajstić information content (AvgIpc) is 2.01. The van der Waals surface area contributed by atoms with E-state index in [9.17, 15) is 0 Å². The quantitative estimate of drug-likeness (QED) is 0.700. The Bertz CT molecular complexity index is 223. The van der Waals surface area contributed by atoms with Gasteiger partial charge in [-0.2, -0.15) is 11.8 Å². The zero-order valence-corrected chi connectivity index (χ0v) is 7.53. The molecule has 0 bridgehead atoms. The Labute approximate surface area is 72.0 Å². The molecule has 60 valence electrons. The summed E-state index contributed by atoms with van der Waals surface area (Å²) < 4.78 is 0. The van der Waals surface area contributed by atoms with E-state index in [1.54, 1.807) is 0 Å². The fourth-order valence-electron chi connectivity index (χ4n) is 0.903. The second kappa shape index (κ2) is 4.29. The molecule has 11 heavy (non-hydrogen) atoms. The van der Waals surface area contributed by atoms with Crippen LogP contribution in [0.15, 0.2) is 24.3 Å². The van der Waals surface area contributed by atoms with Gasteiger partial charge in [0.2, 0.25) is 0 Å². The molecule has 0 aliphatic carbocycles. The highest BCUT2D eigenvalue weighted by atomic mass is 32.2. The fraction of sp³-hybridized carbons (Fsp3) is 0.333. The molecule has 0 heterocycles. The normalized spacial score (nSPS) is 9.91. The van der Waals surface area contributed by atoms with E-state index in [2.05, 4.69) is 13.0 Å². The van der Waals surface area contributed by atoms with Crippen molar-refractivity contribution in [1.82, 2.24) is 0 Å². The number of rotatable bonds is 3. The van der Waals surface area contributed by atoms with Crippen LogP contribution in [0.3, 0.4) is 0 Å². The molecule has 0 unspecified atom stereocenters. The van der Waals surface area contributed by atoms with Crippen LogP contribution in [0.5, 0.6) is 0 Å². The second-order valence-corrected chi connectivity index (χ2v) is 3.66. The van der Waals surface area contributed by atoms with Crippen LogP contribution < -0.4 is 5.73 Å². The maximum Gasteiger partial charge on any atom is 0.0317 e. The van der Waals surface area contributed by atoms with Crippen LogP contribution in [0.1, 0.15) is 12.5 Å². The topological polar surface area (TPSA) is 26.0 Å². The minimum Gasteiger partial charge on any atom is -0.399 e. The van der Waals surface area contributed by atoms with Crippen molar-refractivity contribution in [3.63, 3.8) is 0 Å². The van der Waals surface area contributed by atoms with Crippen molar-refractivity contribution < 1.29 is 0 Å². The van der Waals surface area contributed by atoms with E-state index >= 15 is 0 Å². The van der Waals surface area contributed by atoms with Crippen molar-refractivity contribution in [2.24, 2.45) is 0 Å². The maximum absolute atomic E-state index is 5.62. The van der Waals surface area contributed by atoms with Crippen molar-refractivity contribution in [3.05, 3.63) is 29.8 Å². The van der Waals surface area contributed by atoms with Gasteiger partial charge < -0.3 is 5.73 Å². The van der Waals surface area contributed by atoms with Crippen LogP contribution >= 0.6 is 11.8 Å². The summed E-state index contributed by atoms with van der Waals surface area (Å²) in [7, 11) is 0. The lowest BCUT2D eigenvalue weighted by Gasteiger charge is -1.99. The summed E-state index contributed by atoms with van der Waals surface area (Å²) >= 11 is 1.91. The highest BCUT2D eigenvalue weighted by Crippen LogP contribution is 2.13. The molecule has 0 aromatic heterocycles. The molecular weight excluding hydrogens is 154 g/mol. The molecular formula is C9H13NS. The zero-order chi connectivity index (χ0) is 8.10. The van der Waals surface area contributed by atoms with Crippen LogP contribution in [0, 0.1) is 0 Å². The smallest absolute Gasteiger partial charge is 0.0317 e. The summed E-state index contributed by atoms with van der Waals surface area (Å²) in [5.74, 6) is 2.23. The Morgan fingerprint density at radius 2 is 2.27 bits per heavy atom. The number of hydrogen-bond donors (Lipinski definition) is 1. The summed E-state index contributed by atoms with van der Waals surface area (Å²) in [6.07, 6.45) is 0. The number of nitrogen functional groups attached to an aromatic ring is 1. The minimum atomic E-state index is 0.860. The monoisotopic (exact) mass is 167 g/mol. The third kappa shape index (κ3) is 2.85. The Hall–Kier alpha value is -0.630. The summed E-state index contributed by atoms with van der Waals surface area (Å²) in [5, 5.41) is 0. The predicted octanol–water partition coefficient (Wildman–Crippen LogP) is 2.52. The first-order chi connectivity index (χ1) is 5.33. The first kappa shape index (κ1) is 8.47. The Morgan fingerprint density at radius 3 is 2.91 bits per heavy atom. The Balaban J connectivity index is 2.56. The van der Waals surface area contributed by atoms with Crippen LogP contribution in [0.25, 0.3) is 0 Å². The molecule has 1 aromatic carbocycles. The van der Waals surface area contributed by atoms with Crippen LogP contribution in [0.4, 0.5) is 5.69 Å². The molecule has 0 fully saturated rings. The molecule has 0 saturated carbocycles. The van der Waals surface area contributed by atoms with Crippen molar-refractivity contribution in [1.29, 1.82) is 0 Å². The maximum atomic E-state index is 5.62. The van der Waals surface area contributed by atoms with Gasteiger partial charge in [0.05, 0.1) is 0 Å². The van der Waals surface area contributed by atoms with Gasteiger partial charge in [0, 0.05) is 11.4 Å². The lowest BCUT2D eigenvalue weighted by atomic mass is 10.2. The number of nitrogens with two attached hydrogens (primary N) is 1. The number of benzene rings is 1. The Kier molecular flexibility index (Phi) is 3.30. The van der Waals surface area contributed by atoms with E-state index in [0.29, 0.717) is 0 Å². The molecule has 0 aliphatic heterocycles. The van der Waals surface area contributed by atoms with Gasteiger partial charge in [0.1, 0.15) is 0 Å². The molecule has 1 aromatic rings. The minimum absolute atomic E-state index is 0.860. The van der Waals surface area contributed by atoms with Gasteiger partial charge >= 0.3 is 0 Å². The standard InChI is InChI=1S/C9H13NS/c1-2-11-7-8-4-3-5-9(10)6-8/h3-6H,2,7,10H2,1H3. The highest BCUT2D eigenvalue weighted by molar-refractivity contribution is 7.98. The summed E-state index contributed by atoms with van der Waals surface area (Å²) in [4.78, 5) is 0. The molecule has 1 nitrogen and oxygen atoms in total. The van der Waals surface area contributed by atoms with Crippen molar-refractivity contribution in [2.45, 2.75) is 12.7 Å². The van der Waals surface area contributed by atoms with E-state index < -0.39 is 0 Å². The van der Waals surface area contributed by atoms with E-state index in [-0.39, 0.29) is 0 Å². The van der Waals surface area contributed by atoms with Crippen LogP contribution in [-0.4, -0.2) is 5.75 Å². The SMILES string of the molecule is CCSCc1cccc(N)c1. The molecule has 0 atom stereocenters. The van der Waals surface area contributed by atoms with Gasteiger partial charge in [-0.3, -0.25) is 0 Å². The second-order valence-electron chi connectivity index (χ2n) is 2.38. The van der Waals surface area contributed by atoms with E-state index in [4.69, 9.17) is 5.73 Å². The molecule has 0 amide bonds. The van der Waals surface area contributed by atoms with Gasteiger partial charge in [0.15, 0.2) is 0 Å².